The molecule has 1 saturated heterocycles. The van der Waals surface area contributed by atoms with Crippen molar-refractivity contribution >= 4 is 16.7 Å². The maximum absolute atomic E-state index is 13.2. The van der Waals surface area contributed by atoms with E-state index in [1.54, 1.807) is 0 Å². The third-order valence-corrected chi connectivity index (χ3v) is 4.94. The van der Waals surface area contributed by atoms with Crippen LogP contribution < -0.4 is 0 Å². The lowest BCUT2D eigenvalue weighted by atomic mass is 9.86. The molecule has 0 aromatic heterocycles. The topological polar surface area (TPSA) is 40.5 Å². The molecule has 1 N–H and O–H groups in total. The van der Waals surface area contributed by atoms with Crippen LogP contribution in [0.4, 0.5) is 0 Å². The van der Waals surface area contributed by atoms with Gasteiger partial charge in [-0.3, -0.25) is 4.79 Å². The number of carbonyl (C=O) groups excluding carboxylic acids is 1. The molecule has 0 saturated carbocycles. The van der Waals surface area contributed by atoms with Gasteiger partial charge in [-0.05, 0) is 42.0 Å². The van der Waals surface area contributed by atoms with E-state index in [-0.39, 0.29) is 12.5 Å². The summed E-state index contributed by atoms with van der Waals surface area (Å²) in [5, 5.41) is 12.1. The molecule has 1 amide bonds. The van der Waals surface area contributed by atoms with E-state index in [1.165, 1.54) is 0 Å². The maximum Gasteiger partial charge on any atom is 0.255 e. The van der Waals surface area contributed by atoms with E-state index in [0.29, 0.717) is 5.92 Å². The van der Waals surface area contributed by atoms with Gasteiger partial charge in [-0.25, -0.2) is 0 Å². The van der Waals surface area contributed by atoms with Crippen LogP contribution in [0.5, 0.6) is 0 Å². The Morgan fingerprint density at radius 1 is 1.22 bits per heavy atom. The van der Waals surface area contributed by atoms with Gasteiger partial charge in [0.2, 0.25) is 0 Å². The van der Waals surface area contributed by atoms with Gasteiger partial charge < -0.3 is 10.0 Å². The third-order valence-electron chi connectivity index (χ3n) is 4.94. The van der Waals surface area contributed by atoms with E-state index in [0.717, 1.165) is 42.1 Å². The number of amides is 1. The molecule has 2 aromatic rings. The molecule has 0 bridgehead atoms. The van der Waals surface area contributed by atoms with Gasteiger partial charge in [-0.2, -0.15) is 0 Å². The van der Waals surface area contributed by atoms with Crippen LogP contribution in [0.3, 0.4) is 0 Å². The quantitative estimate of drug-likeness (QED) is 0.931. The zero-order valence-electron chi connectivity index (χ0n) is 14.0. The van der Waals surface area contributed by atoms with Crippen LogP contribution in [0, 0.1) is 5.92 Å². The first-order chi connectivity index (χ1) is 11.1. The summed E-state index contributed by atoms with van der Waals surface area (Å²) in [6.45, 7) is 5.07. The van der Waals surface area contributed by atoms with Gasteiger partial charge in [0.05, 0.1) is 12.1 Å². The minimum atomic E-state index is -0.401. The van der Waals surface area contributed by atoms with Crippen LogP contribution in [0.2, 0.25) is 0 Å². The molecule has 3 heteroatoms. The minimum absolute atomic E-state index is 0.0433. The number of carbonyl (C=O) groups is 1. The van der Waals surface area contributed by atoms with Crippen molar-refractivity contribution in [2.24, 2.45) is 5.92 Å². The Labute approximate surface area is 137 Å². The van der Waals surface area contributed by atoms with E-state index in [2.05, 4.69) is 13.8 Å². The predicted octanol–water partition coefficient (Wildman–Crippen LogP) is 3.85. The Bertz CT molecular complexity index is 704. The van der Waals surface area contributed by atoms with Gasteiger partial charge in [-0.1, -0.05) is 50.2 Å². The molecule has 1 heterocycles. The number of likely N-dealkylation sites (tertiary alicyclic amines) is 1. The van der Waals surface area contributed by atoms with Crippen LogP contribution in [0.25, 0.3) is 10.8 Å². The van der Waals surface area contributed by atoms with Crippen molar-refractivity contribution < 1.29 is 9.90 Å². The number of nitrogens with zero attached hydrogens (tertiary/aromatic N) is 1. The standard InChI is InChI=1S/C20H25NO2/c1-15(2)13-20(14-22)11-6-12-21(20)19(23)18-10-5-8-16-7-3-4-9-17(16)18/h3-5,7-10,15,22H,6,11-14H2,1-2H3/t20-/m0/s1. The van der Waals surface area contributed by atoms with Gasteiger partial charge in [0.25, 0.3) is 5.91 Å². The van der Waals surface area contributed by atoms with Crippen LogP contribution in [-0.4, -0.2) is 34.6 Å². The summed E-state index contributed by atoms with van der Waals surface area (Å²) in [4.78, 5) is 15.2. The molecule has 3 rings (SSSR count). The van der Waals surface area contributed by atoms with Gasteiger partial charge >= 0.3 is 0 Å². The monoisotopic (exact) mass is 311 g/mol. The second-order valence-electron chi connectivity index (χ2n) is 7.07. The minimum Gasteiger partial charge on any atom is -0.394 e. The van der Waals surface area contributed by atoms with Gasteiger partial charge in [0.1, 0.15) is 0 Å². The molecular formula is C20H25NO2. The molecule has 23 heavy (non-hydrogen) atoms. The van der Waals surface area contributed by atoms with Crippen molar-refractivity contribution in [1.82, 2.24) is 4.90 Å². The second-order valence-corrected chi connectivity index (χ2v) is 7.07. The number of aliphatic hydroxyl groups is 1. The number of fused-ring (bicyclic) bond motifs is 1. The van der Waals surface area contributed by atoms with Crippen molar-refractivity contribution in [3.8, 4) is 0 Å². The summed E-state index contributed by atoms with van der Waals surface area (Å²) < 4.78 is 0. The first kappa shape index (κ1) is 16.0. The molecule has 1 atom stereocenters. The Kier molecular flexibility index (Phi) is 4.40. The lowest BCUT2D eigenvalue weighted by Gasteiger charge is -2.38. The highest BCUT2D eigenvalue weighted by Crippen LogP contribution is 2.36. The average molecular weight is 311 g/mol. The smallest absolute Gasteiger partial charge is 0.255 e. The number of benzene rings is 2. The second kappa shape index (κ2) is 6.32. The molecule has 0 unspecified atom stereocenters. The molecule has 0 spiro atoms. The van der Waals surface area contributed by atoms with Crippen LogP contribution >= 0.6 is 0 Å². The van der Waals surface area contributed by atoms with Crippen molar-refractivity contribution in [3.63, 3.8) is 0 Å². The van der Waals surface area contributed by atoms with Crippen LogP contribution in [0.15, 0.2) is 42.5 Å². The van der Waals surface area contributed by atoms with Crippen molar-refractivity contribution in [2.75, 3.05) is 13.2 Å². The van der Waals surface area contributed by atoms with Crippen LogP contribution in [0.1, 0.15) is 43.5 Å². The molecule has 1 aliphatic rings. The van der Waals surface area contributed by atoms with Gasteiger partial charge in [0.15, 0.2) is 0 Å². The molecule has 2 aromatic carbocycles. The largest absolute Gasteiger partial charge is 0.394 e. The maximum atomic E-state index is 13.2. The Morgan fingerprint density at radius 2 is 1.96 bits per heavy atom. The van der Waals surface area contributed by atoms with Crippen LogP contribution in [-0.2, 0) is 0 Å². The summed E-state index contributed by atoms with van der Waals surface area (Å²) in [7, 11) is 0. The predicted molar refractivity (Wildman–Crippen MR) is 93.5 cm³/mol. The molecule has 1 fully saturated rings. The number of hydrogen-bond donors (Lipinski definition) is 1. The van der Waals surface area contributed by atoms with Crippen molar-refractivity contribution in [2.45, 2.75) is 38.6 Å². The molecule has 3 nitrogen and oxygen atoms in total. The highest BCUT2D eigenvalue weighted by atomic mass is 16.3. The van der Waals surface area contributed by atoms with Gasteiger partial charge in [-0.15, -0.1) is 0 Å². The van der Waals surface area contributed by atoms with Crippen molar-refractivity contribution in [3.05, 3.63) is 48.0 Å². The zero-order valence-corrected chi connectivity index (χ0v) is 14.0. The van der Waals surface area contributed by atoms with E-state index < -0.39 is 5.54 Å². The summed E-state index contributed by atoms with van der Waals surface area (Å²) in [6, 6.07) is 13.9. The summed E-state index contributed by atoms with van der Waals surface area (Å²) in [5.74, 6) is 0.497. The number of rotatable bonds is 4. The molecular weight excluding hydrogens is 286 g/mol. The fourth-order valence-corrected chi connectivity index (χ4v) is 4.01. The zero-order chi connectivity index (χ0) is 16.4. The first-order valence-corrected chi connectivity index (χ1v) is 8.48. The normalized spacial score (nSPS) is 21.3. The molecule has 0 aliphatic carbocycles. The molecule has 1 aliphatic heterocycles. The Morgan fingerprint density at radius 3 is 2.70 bits per heavy atom. The lowest BCUT2D eigenvalue weighted by Crippen LogP contribution is -2.50. The highest BCUT2D eigenvalue weighted by molar-refractivity contribution is 6.07. The van der Waals surface area contributed by atoms with Crippen molar-refractivity contribution in [1.29, 1.82) is 0 Å². The van der Waals surface area contributed by atoms with E-state index in [9.17, 15) is 9.90 Å². The molecule has 0 radical (unpaired) electrons. The summed E-state index contributed by atoms with van der Waals surface area (Å²) in [6.07, 6.45) is 2.70. The van der Waals surface area contributed by atoms with E-state index >= 15 is 0 Å². The molecule has 122 valence electrons. The first-order valence-electron chi connectivity index (χ1n) is 8.48. The fraction of sp³-hybridized carbons (Fsp3) is 0.450. The third kappa shape index (κ3) is 2.86. The number of hydrogen-bond acceptors (Lipinski definition) is 2. The fourth-order valence-electron chi connectivity index (χ4n) is 4.01. The van der Waals surface area contributed by atoms with E-state index in [4.69, 9.17) is 0 Å². The highest BCUT2D eigenvalue weighted by Gasteiger charge is 2.43. The summed E-state index contributed by atoms with van der Waals surface area (Å²) in [5.41, 5.74) is 0.342. The SMILES string of the molecule is CC(C)C[C@]1(CO)CCCN1C(=O)c1cccc2ccccc12. The van der Waals surface area contributed by atoms with E-state index in [1.807, 2.05) is 47.4 Å². The summed E-state index contributed by atoms with van der Waals surface area (Å²) >= 11 is 0. The lowest BCUT2D eigenvalue weighted by molar-refractivity contribution is 0.0334. The van der Waals surface area contributed by atoms with Gasteiger partial charge in [0, 0.05) is 12.1 Å². The average Bonchev–Trinajstić information content (AvgIpc) is 2.97. The Hall–Kier alpha value is -1.87. The number of aliphatic hydroxyl groups excluding tert-OH is 1. The Balaban J connectivity index is 2.01.